The zero-order chi connectivity index (χ0) is 12.4. The van der Waals surface area contributed by atoms with Crippen LogP contribution in [-0.4, -0.2) is 48.4 Å². The molecular weight excluding hydrogens is 248 g/mol. The summed E-state index contributed by atoms with van der Waals surface area (Å²) in [5, 5.41) is 0. The average Bonchev–Trinajstić information content (AvgIpc) is 2.96. The molecule has 2 aliphatic carbocycles. The van der Waals surface area contributed by atoms with Gasteiger partial charge in [-0.25, -0.2) is 0 Å². The van der Waals surface area contributed by atoms with Crippen LogP contribution in [0, 0.1) is 11.8 Å². The number of hydrogen-bond acceptors (Lipinski definition) is 2. The number of nitrogens with zero attached hydrogens (tertiary/aromatic N) is 2. The fourth-order valence-corrected chi connectivity index (χ4v) is 3.62. The van der Waals surface area contributed by atoms with Crippen LogP contribution in [-0.2, 0) is 4.79 Å². The number of likely N-dealkylation sites (N-methyl/N-ethyl adjacent to an activating group) is 2. The minimum Gasteiger partial charge on any atom is -0.341 e. The lowest BCUT2D eigenvalue weighted by Crippen LogP contribution is -2.45. The summed E-state index contributed by atoms with van der Waals surface area (Å²) in [6, 6.07) is 0.539. The van der Waals surface area contributed by atoms with Crippen LogP contribution in [0.4, 0.5) is 0 Å². The Hall–Kier alpha value is -0.280. The van der Waals surface area contributed by atoms with Gasteiger partial charge in [0.2, 0.25) is 5.91 Å². The van der Waals surface area contributed by atoms with Gasteiger partial charge in [0.05, 0.1) is 6.54 Å². The Morgan fingerprint density at radius 3 is 2.28 bits per heavy atom. The first-order valence-corrected chi connectivity index (χ1v) is 7.13. The maximum Gasteiger partial charge on any atom is 0.236 e. The lowest BCUT2D eigenvalue weighted by molar-refractivity contribution is -0.134. The number of halogens is 1. The second-order valence-electron chi connectivity index (χ2n) is 5.71. The summed E-state index contributed by atoms with van der Waals surface area (Å²) in [7, 11) is 2.01. The van der Waals surface area contributed by atoms with Crippen LogP contribution in [0.3, 0.4) is 0 Å². The van der Waals surface area contributed by atoms with Crippen molar-refractivity contribution < 1.29 is 4.79 Å². The van der Waals surface area contributed by atoms with Crippen molar-refractivity contribution in [2.75, 3.05) is 26.7 Å². The van der Waals surface area contributed by atoms with Gasteiger partial charge in [-0.15, -0.1) is 12.4 Å². The number of carbonyl (C=O) groups excluding carboxylic acids is 1. The summed E-state index contributed by atoms with van der Waals surface area (Å²) >= 11 is 0. The third kappa shape index (κ3) is 3.18. The van der Waals surface area contributed by atoms with Crippen molar-refractivity contribution in [1.29, 1.82) is 0 Å². The highest BCUT2D eigenvalue weighted by Gasteiger charge is 2.42. The smallest absolute Gasteiger partial charge is 0.236 e. The molecule has 3 unspecified atom stereocenters. The first-order chi connectivity index (χ1) is 8.15. The lowest BCUT2D eigenvalue weighted by atomic mass is 9.94. The molecule has 2 rings (SSSR count). The molecule has 0 heterocycles. The molecule has 0 aromatic rings. The summed E-state index contributed by atoms with van der Waals surface area (Å²) < 4.78 is 0. The summed E-state index contributed by atoms with van der Waals surface area (Å²) in [6.07, 6.45) is 5.37. The van der Waals surface area contributed by atoms with Crippen molar-refractivity contribution in [3.05, 3.63) is 0 Å². The molecule has 0 saturated heterocycles. The molecule has 0 spiro atoms. The van der Waals surface area contributed by atoms with Gasteiger partial charge in [-0.2, -0.15) is 0 Å². The predicted molar refractivity (Wildman–Crippen MR) is 77.0 cm³/mol. The number of carbonyl (C=O) groups is 1. The molecule has 2 aliphatic rings. The standard InChI is InChI=1S/C14H26N2O.ClH/c1-4-16(5-2)10-14(17)15(3)13-9-11-6-7-12(13)8-11;/h11-13H,4-10H2,1-3H3;1H. The molecule has 2 saturated carbocycles. The van der Waals surface area contributed by atoms with E-state index < -0.39 is 0 Å². The Kier molecular flexibility index (Phi) is 5.93. The quantitative estimate of drug-likeness (QED) is 0.769. The molecule has 3 atom stereocenters. The maximum absolute atomic E-state index is 12.2. The summed E-state index contributed by atoms with van der Waals surface area (Å²) in [5.41, 5.74) is 0. The average molecular weight is 275 g/mol. The second-order valence-corrected chi connectivity index (χ2v) is 5.71. The van der Waals surface area contributed by atoms with Crippen molar-refractivity contribution in [1.82, 2.24) is 9.80 Å². The van der Waals surface area contributed by atoms with Crippen molar-refractivity contribution >= 4 is 18.3 Å². The van der Waals surface area contributed by atoms with E-state index in [0.29, 0.717) is 18.5 Å². The first-order valence-electron chi connectivity index (χ1n) is 7.13. The zero-order valence-corrected chi connectivity index (χ0v) is 12.7. The monoisotopic (exact) mass is 274 g/mol. The number of rotatable bonds is 5. The number of fused-ring (bicyclic) bond motifs is 2. The van der Waals surface area contributed by atoms with Gasteiger partial charge < -0.3 is 4.90 Å². The van der Waals surface area contributed by atoms with Crippen molar-refractivity contribution in [2.24, 2.45) is 11.8 Å². The molecule has 106 valence electrons. The molecule has 1 amide bonds. The van der Waals surface area contributed by atoms with Crippen LogP contribution in [0.2, 0.25) is 0 Å². The Balaban J connectivity index is 0.00000162. The minimum atomic E-state index is 0. The van der Waals surface area contributed by atoms with E-state index in [9.17, 15) is 4.79 Å². The molecule has 0 aromatic heterocycles. The van der Waals surface area contributed by atoms with Crippen LogP contribution < -0.4 is 0 Å². The molecule has 2 bridgehead atoms. The van der Waals surface area contributed by atoms with E-state index in [-0.39, 0.29) is 12.4 Å². The van der Waals surface area contributed by atoms with E-state index in [1.807, 2.05) is 11.9 Å². The minimum absolute atomic E-state index is 0. The fraction of sp³-hybridized carbons (Fsp3) is 0.929. The molecule has 2 fully saturated rings. The van der Waals surface area contributed by atoms with Gasteiger partial charge in [0.1, 0.15) is 0 Å². The molecular formula is C14H27ClN2O. The van der Waals surface area contributed by atoms with Crippen molar-refractivity contribution in [2.45, 2.75) is 45.6 Å². The van der Waals surface area contributed by atoms with Gasteiger partial charge in [-0.3, -0.25) is 9.69 Å². The van der Waals surface area contributed by atoms with E-state index in [1.54, 1.807) is 0 Å². The van der Waals surface area contributed by atoms with E-state index in [0.717, 1.165) is 24.9 Å². The Labute approximate surface area is 117 Å². The second kappa shape index (κ2) is 6.76. The Bertz CT molecular complexity index is 281. The molecule has 4 heteroatoms. The molecule has 0 aromatic carbocycles. The predicted octanol–water partition coefficient (Wildman–Crippen LogP) is 2.40. The van der Waals surface area contributed by atoms with Crippen molar-refractivity contribution in [3.8, 4) is 0 Å². The lowest BCUT2D eigenvalue weighted by Gasteiger charge is -2.33. The van der Waals surface area contributed by atoms with Crippen LogP contribution in [0.1, 0.15) is 39.5 Å². The van der Waals surface area contributed by atoms with E-state index in [4.69, 9.17) is 0 Å². The summed E-state index contributed by atoms with van der Waals surface area (Å²) in [5.74, 6) is 2.02. The molecule has 0 aliphatic heterocycles. The number of amides is 1. The molecule has 3 nitrogen and oxygen atoms in total. The van der Waals surface area contributed by atoms with Gasteiger partial charge in [0.25, 0.3) is 0 Å². The van der Waals surface area contributed by atoms with Crippen LogP contribution >= 0.6 is 12.4 Å². The summed E-state index contributed by atoms with van der Waals surface area (Å²) in [6.45, 7) is 6.76. The van der Waals surface area contributed by atoms with Gasteiger partial charge in [-0.05, 0) is 44.2 Å². The zero-order valence-electron chi connectivity index (χ0n) is 11.9. The van der Waals surface area contributed by atoms with Crippen molar-refractivity contribution in [3.63, 3.8) is 0 Å². The van der Waals surface area contributed by atoms with E-state index >= 15 is 0 Å². The third-order valence-electron chi connectivity index (χ3n) is 4.84. The van der Waals surface area contributed by atoms with Crippen LogP contribution in [0.5, 0.6) is 0 Å². The van der Waals surface area contributed by atoms with E-state index in [2.05, 4.69) is 18.7 Å². The highest BCUT2D eigenvalue weighted by molar-refractivity contribution is 5.85. The topological polar surface area (TPSA) is 23.6 Å². The van der Waals surface area contributed by atoms with Crippen LogP contribution in [0.25, 0.3) is 0 Å². The SMILES string of the molecule is CCN(CC)CC(=O)N(C)C1CC2CCC1C2.Cl. The van der Waals surface area contributed by atoms with Gasteiger partial charge in [-0.1, -0.05) is 20.3 Å². The largest absolute Gasteiger partial charge is 0.341 e. The van der Waals surface area contributed by atoms with E-state index in [1.165, 1.54) is 25.7 Å². The number of hydrogen-bond donors (Lipinski definition) is 0. The summed E-state index contributed by atoms with van der Waals surface area (Å²) in [4.78, 5) is 16.5. The first kappa shape index (κ1) is 15.8. The third-order valence-corrected chi connectivity index (χ3v) is 4.84. The fourth-order valence-electron chi connectivity index (χ4n) is 3.62. The molecule has 0 radical (unpaired) electrons. The molecule has 18 heavy (non-hydrogen) atoms. The van der Waals surface area contributed by atoms with Gasteiger partial charge >= 0.3 is 0 Å². The maximum atomic E-state index is 12.2. The molecule has 0 N–H and O–H groups in total. The van der Waals surface area contributed by atoms with Gasteiger partial charge in [0, 0.05) is 13.1 Å². The normalized spacial score (nSPS) is 29.4. The Morgan fingerprint density at radius 2 is 1.83 bits per heavy atom. The highest BCUT2D eigenvalue weighted by atomic mass is 35.5. The Morgan fingerprint density at radius 1 is 1.17 bits per heavy atom. The highest BCUT2D eigenvalue weighted by Crippen LogP contribution is 2.46. The van der Waals surface area contributed by atoms with Gasteiger partial charge in [0.15, 0.2) is 0 Å². The van der Waals surface area contributed by atoms with Crippen LogP contribution in [0.15, 0.2) is 0 Å².